The van der Waals surface area contributed by atoms with Crippen molar-refractivity contribution >= 4 is 28.8 Å². The lowest BCUT2D eigenvalue weighted by Gasteiger charge is -2.11. The van der Waals surface area contributed by atoms with Crippen LogP contribution in [0.5, 0.6) is 0 Å². The summed E-state index contributed by atoms with van der Waals surface area (Å²) in [7, 11) is 0. The highest BCUT2D eigenvalue weighted by molar-refractivity contribution is 7.10. The van der Waals surface area contributed by atoms with E-state index in [4.69, 9.17) is 11.6 Å². The Bertz CT molecular complexity index is 1190. The molecule has 1 aromatic carbocycles. The molecule has 0 fully saturated rings. The topological polar surface area (TPSA) is 72.7 Å². The SMILES string of the molecule is Cc1nn(-c2ccc(F)cc2)c(Cl)c1C(=O)NC(C)c1nc(-c2ccncc2)cs1. The summed E-state index contributed by atoms with van der Waals surface area (Å²) in [5, 5.41) is 10.2. The number of halogens is 2. The molecule has 0 aliphatic heterocycles. The molecular formula is C21H17ClFN5OS. The summed E-state index contributed by atoms with van der Waals surface area (Å²) < 4.78 is 14.6. The van der Waals surface area contributed by atoms with E-state index in [-0.39, 0.29) is 28.5 Å². The predicted octanol–water partition coefficient (Wildman–Crippen LogP) is 4.98. The van der Waals surface area contributed by atoms with Crippen LogP contribution in [-0.2, 0) is 0 Å². The fraction of sp³-hybridized carbons (Fsp3) is 0.143. The van der Waals surface area contributed by atoms with E-state index in [1.165, 1.54) is 28.2 Å². The summed E-state index contributed by atoms with van der Waals surface area (Å²) >= 11 is 7.91. The Labute approximate surface area is 181 Å². The molecule has 152 valence electrons. The molecule has 0 saturated carbocycles. The highest BCUT2D eigenvalue weighted by Gasteiger charge is 2.23. The quantitative estimate of drug-likeness (QED) is 0.474. The zero-order chi connectivity index (χ0) is 21.3. The second-order valence-corrected chi connectivity index (χ2v) is 7.89. The van der Waals surface area contributed by atoms with Gasteiger partial charge in [0.25, 0.3) is 5.91 Å². The van der Waals surface area contributed by atoms with E-state index in [2.05, 4.69) is 20.4 Å². The number of thiazole rings is 1. The standard InChI is InChI=1S/C21H17ClFN5OS/c1-12-18(19(22)28(27-12)16-5-3-15(23)4-6-16)20(29)25-13(2)21-26-17(11-30-21)14-7-9-24-10-8-14/h3-11,13H,1-2H3,(H,25,29). The molecule has 0 aliphatic carbocycles. The molecule has 0 radical (unpaired) electrons. The van der Waals surface area contributed by atoms with Crippen molar-refractivity contribution in [3.8, 4) is 16.9 Å². The molecule has 0 aliphatic rings. The summed E-state index contributed by atoms with van der Waals surface area (Å²) in [6.07, 6.45) is 3.42. The fourth-order valence-corrected chi connectivity index (χ4v) is 4.18. The summed E-state index contributed by atoms with van der Waals surface area (Å²) in [6.45, 7) is 3.57. The van der Waals surface area contributed by atoms with Gasteiger partial charge in [-0.1, -0.05) is 11.6 Å². The lowest BCUT2D eigenvalue weighted by molar-refractivity contribution is 0.0939. The zero-order valence-electron chi connectivity index (χ0n) is 16.1. The third-order valence-electron chi connectivity index (χ3n) is 4.52. The minimum atomic E-state index is -0.361. The number of amides is 1. The van der Waals surface area contributed by atoms with Crippen molar-refractivity contribution in [3.05, 3.63) is 81.4 Å². The minimum absolute atomic E-state index is 0.167. The smallest absolute Gasteiger partial charge is 0.256 e. The average molecular weight is 442 g/mol. The van der Waals surface area contributed by atoms with Crippen molar-refractivity contribution in [2.75, 3.05) is 0 Å². The Balaban J connectivity index is 1.54. The first-order valence-electron chi connectivity index (χ1n) is 9.12. The number of rotatable bonds is 5. The molecule has 4 aromatic rings. The predicted molar refractivity (Wildman–Crippen MR) is 114 cm³/mol. The average Bonchev–Trinajstić information content (AvgIpc) is 3.34. The first-order valence-corrected chi connectivity index (χ1v) is 10.4. The normalized spacial score (nSPS) is 12.0. The summed E-state index contributed by atoms with van der Waals surface area (Å²) in [5.41, 5.74) is 3.12. The fourth-order valence-electron chi connectivity index (χ4n) is 2.98. The second-order valence-electron chi connectivity index (χ2n) is 6.64. The van der Waals surface area contributed by atoms with E-state index in [0.717, 1.165) is 16.3 Å². The molecule has 9 heteroatoms. The number of aromatic nitrogens is 4. The summed E-state index contributed by atoms with van der Waals surface area (Å²) in [5.74, 6) is -0.709. The molecule has 30 heavy (non-hydrogen) atoms. The molecule has 0 saturated heterocycles. The van der Waals surface area contributed by atoms with E-state index >= 15 is 0 Å². The molecule has 3 heterocycles. The number of benzene rings is 1. The van der Waals surface area contributed by atoms with Crippen LogP contribution in [0, 0.1) is 12.7 Å². The highest BCUT2D eigenvalue weighted by atomic mass is 35.5. The van der Waals surface area contributed by atoms with E-state index in [9.17, 15) is 9.18 Å². The number of hydrogen-bond acceptors (Lipinski definition) is 5. The second kappa shape index (κ2) is 8.33. The number of nitrogens with zero attached hydrogens (tertiary/aromatic N) is 4. The van der Waals surface area contributed by atoms with Gasteiger partial charge in [0, 0.05) is 23.3 Å². The molecule has 0 bridgehead atoms. The van der Waals surface area contributed by atoms with E-state index in [0.29, 0.717) is 11.4 Å². The van der Waals surface area contributed by atoms with Gasteiger partial charge in [0.1, 0.15) is 16.0 Å². The third kappa shape index (κ3) is 3.96. The van der Waals surface area contributed by atoms with Crippen molar-refractivity contribution < 1.29 is 9.18 Å². The van der Waals surface area contributed by atoms with Crippen LogP contribution in [-0.4, -0.2) is 25.7 Å². The first kappa shape index (κ1) is 20.2. The van der Waals surface area contributed by atoms with E-state index in [1.807, 2.05) is 24.4 Å². The first-order chi connectivity index (χ1) is 14.4. The minimum Gasteiger partial charge on any atom is -0.343 e. The van der Waals surface area contributed by atoms with Crippen molar-refractivity contribution in [2.24, 2.45) is 0 Å². The summed E-state index contributed by atoms with van der Waals surface area (Å²) in [4.78, 5) is 21.5. The molecule has 1 atom stereocenters. The maximum atomic E-state index is 13.2. The Morgan fingerprint density at radius 1 is 1.20 bits per heavy atom. The van der Waals surface area contributed by atoms with Crippen LogP contribution in [0.4, 0.5) is 4.39 Å². The lowest BCUT2D eigenvalue weighted by Crippen LogP contribution is -2.27. The van der Waals surface area contributed by atoms with Crippen molar-refractivity contribution in [3.63, 3.8) is 0 Å². The molecule has 4 rings (SSSR count). The van der Waals surface area contributed by atoms with Crippen LogP contribution < -0.4 is 5.32 Å². The zero-order valence-corrected chi connectivity index (χ0v) is 17.7. The monoisotopic (exact) mass is 441 g/mol. The Kier molecular flexibility index (Phi) is 5.61. The number of nitrogens with one attached hydrogen (secondary N) is 1. The van der Waals surface area contributed by atoms with Crippen molar-refractivity contribution in [1.82, 2.24) is 25.1 Å². The maximum absolute atomic E-state index is 13.2. The van der Waals surface area contributed by atoms with Gasteiger partial charge in [-0.2, -0.15) is 5.10 Å². The largest absolute Gasteiger partial charge is 0.343 e. The number of carbonyl (C=O) groups excluding carboxylic acids is 1. The molecule has 0 spiro atoms. The van der Waals surface area contributed by atoms with Crippen LogP contribution in [0.15, 0.2) is 54.2 Å². The van der Waals surface area contributed by atoms with Crippen LogP contribution in [0.3, 0.4) is 0 Å². The van der Waals surface area contributed by atoms with Crippen LogP contribution >= 0.6 is 22.9 Å². The Hall–Kier alpha value is -3.10. The molecule has 1 N–H and O–H groups in total. The van der Waals surface area contributed by atoms with Crippen LogP contribution in [0.25, 0.3) is 16.9 Å². The maximum Gasteiger partial charge on any atom is 0.256 e. The summed E-state index contributed by atoms with van der Waals surface area (Å²) in [6, 6.07) is 9.18. The van der Waals surface area contributed by atoms with Gasteiger partial charge in [0.2, 0.25) is 0 Å². The number of aryl methyl sites for hydroxylation is 1. The molecule has 3 aromatic heterocycles. The van der Waals surface area contributed by atoms with Crippen molar-refractivity contribution in [2.45, 2.75) is 19.9 Å². The van der Waals surface area contributed by atoms with Crippen molar-refractivity contribution in [1.29, 1.82) is 0 Å². The van der Waals surface area contributed by atoms with E-state index < -0.39 is 0 Å². The van der Waals surface area contributed by atoms with Crippen LogP contribution in [0.1, 0.15) is 34.0 Å². The van der Waals surface area contributed by atoms with Gasteiger partial charge in [0.15, 0.2) is 0 Å². The van der Waals surface area contributed by atoms with Gasteiger partial charge in [0.05, 0.1) is 28.7 Å². The van der Waals surface area contributed by atoms with Gasteiger partial charge in [-0.15, -0.1) is 11.3 Å². The Morgan fingerprint density at radius 3 is 2.60 bits per heavy atom. The van der Waals surface area contributed by atoms with E-state index in [1.54, 1.807) is 31.5 Å². The number of hydrogen-bond donors (Lipinski definition) is 1. The third-order valence-corrected chi connectivity index (χ3v) is 5.89. The lowest BCUT2D eigenvalue weighted by atomic mass is 10.2. The molecular weight excluding hydrogens is 425 g/mol. The molecule has 1 amide bonds. The highest BCUT2D eigenvalue weighted by Crippen LogP contribution is 2.27. The molecule has 1 unspecified atom stereocenters. The van der Waals surface area contributed by atoms with Gasteiger partial charge in [-0.25, -0.2) is 14.1 Å². The number of pyridine rings is 1. The molecule has 6 nitrogen and oxygen atoms in total. The van der Waals surface area contributed by atoms with Gasteiger partial charge < -0.3 is 5.32 Å². The number of carbonyl (C=O) groups is 1. The van der Waals surface area contributed by atoms with Gasteiger partial charge in [-0.3, -0.25) is 9.78 Å². The van der Waals surface area contributed by atoms with Gasteiger partial charge in [-0.05, 0) is 50.2 Å². The van der Waals surface area contributed by atoms with Crippen LogP contribution in [0.2, 0.25) is 5.15 Å². The van der Waals surface area contributed by atoms with Gasteiger partial charge >= 0.3 is 0 Å². The Morgan fingerprint density at radius 2 is 1.90 bits per heavy atom.